The highest BCUT2D eigenvalue weighted by molar-refractivity contribution is 7.89. The van der Waals surface area contributed by atoms with Crippen molar-refractivity contribution in [3.05, 3.63) is 54.1 Å². The molecule has 0 spiro atoms. The molecule has 0 amide bonds. The normalized spacial score (nSPS) is 19.7. The highest BCUT2D eigenvalue weighted by atomic mass is 32.2. The summed E-state index contributed by atoms with van der Waals surface area (Å²) in [4.78, 5) is 0.320. The molecule has 1 heterocycles. The lowest BCUT2D eigenvalue weighted by molar-refractivity contribution is 0.204. The second-order valence-corrected chi connectivity index (χ2v) is 10.6. The highest BCUT2D eigenvalue weighted by Crippen LogP contribution is 2.30. The SMILES string of the molecule is CCCCc1ccc(NC(=S)Nc2ccc(S(=O)(=O)N3[C@@H](C)CCC[C@@H]3C)cc2)cc1. The molecular weight excluding hydrogens is 426 g/mol. The number of nitrogens with one attached hydrogen (secondary N) is 2. The van der Waals surface area contributed by atoms with Crippen LogP contribution < -0.4 is 10.6 Å². The van der Waals surface area contributed by atoms with Crippen LogP contribution in [-0.4, -0.2) is 29.9 Å². The van der Waals surface area contributed by atoms with Gasteiger partial charge in [0.1, 0.15) is 0 Å². The largest absolute Gasteiger partial charge is 0.332 e. The first-order chi connectivity index (χ1) is 14.8. The Labute approximate surface area is 192 Å². The molecule has 0 bridgehead atoms. The average Bonchev–Trinajstić information content (AvgIpc) is 2.73. The van der Waals surface area contributed by atoms with Gasteiger partial charge >= 0.3 is 0 Å². The third kappa shape index (κ3) is 6.05. The molecule has 7 heteroatoms. The minimum atomic E-state index is -3.51. The summed E-state index contributed by atoms with van der Waals surface area (Å²) in [5.74, 6) is 0. The van der Waals surface area contributed by atoms with Crippen LogP contribution in [0.25, 0.3) is 0 Å². The first-order valence-corrected chi connectivity index (χ1v) is 13.0. The number of sulfonamides is 1. The van der Waals surface area contributed by atoms with E-state index in [9.17, 15) is 8.42 Å². The summed E-state index contributed by atoms with van der Waals surface area (Å²) >= 11 is 5.41. The van der Waals surface area contributed by atoms with E-state index in [1.165, 1.54) is 18.4 Å². The summed E-state index contributed by atoms with van der Waals surface area (Å²) in [6.07, 6.45) is 6.34. The molecule has 2 aromatic carbocycles. The maximum Gasteiger partial charge on any atom is 0.243 e. The van der Waals surface area contributed by atoms with Gasteiger partial charge in [0.2, 0.25) is 10.0 Å². The van der Waals surface area contributed by atoms with E-state index in [-0.39, 0.29) is 12.1 Å². The Bertz CT molecular complexity index is 963. The molecule has 1 fully saturated rings. The zero-order valence-electron chi connectivity index (χ0n) is 18.6. The van der Waals surface area contributed by atoms with Gasteiger partial charge in [0, 0.05) is 23.5 Å². The minimum absolute atomic E-state index is 0.0247. The average molecular weight is 460 g/mol. The van der Waals surface area contributed by atoms with Crippen molar-refractivity contribution in [3.8, 4) is 0 Å². The van der Waals surface area contributed by atoms with E-state index < -0.39 is 10.0 Å². The van der Waals surface area contributed by atoms with Gasteiger partial charge in [-0.05, 0) is 93.7 Å². The quantitative estimate of drug-likeness (QED) is 0.513. The van der Waals surface area contributed by atoms with Crippen molar-refractivity contribution in [2.75, 3.05) is 10.6 Å². The van der Waals surface area contributed by atoms with Gasteiger partial charge in [-0.25, -0.2) is 8.42 Å². The molecular formula is C24H33N3O2S2. The number of nitrogens with zero attached hydrogens (tertiary/aromatic N) is 1. The molecule has 0 aliphatic carbocycles. The molecule has 0 unspecified atom stereocenters. The molecule has 1 saturated heterocycles. The standard InChI is InChI=1S/C24H33N3O2S2/c1-4-5-9-20-10-12-21(13-11-20)25-24(30)26-22-14-16-23(17-15-22)31(28,29)27-18(2)7-6-8-19(27)3/h10-19H,4-9H2,1-3H3,(H2,25,26,30)/t18-,19-/m0/s1. The lowest BCUT2D eigenvalue weighted by Crippen LogP contribution is -2.47. The van der Waals surface area contributed by atoms with Crippen LogP contribution in [0.15, 0.2) is 53.4 Å². The van der Waals surface area contributed by atoms with Gasteiger partial charge in [0.05, 0.1) is 4.90 Å². The Kier molecular flexibility index (Phi) is 8.08. The maximum atomic E-state index is 13.1. The molecule has 5 nitrogen and oxygen atoms in total. The van der Waals surface area contributed by atoms with Gasteiger partial charge in [-0.2, -0.15) is 4.31 Å². The number of hydrogen-bond acceptors (Lipinski definition) is 3. The van der Waals surface area contributed by atoms with E-state index in [1.807, 2.05) is 26.0 Å². The van der Waals surface area contributed by atoms with E-state index in [1.54, 1.807) is 28.6 Å². The molecule has 0 radical (unpaired) electrons. The fraction of sp³-hybridized carbons (Fsp3) is 0.458. The van der Waals surface area contributed by atoms with Gasteiger partial charge in [0.15, 0.2) is 5.11 Å². The van der Waals surface area contributed by atoms with Crippen molar-refractivity contribution >= 4 is 38.7 Å². The summed E-state index contributed by atoms with van der Waals surface area (Å²) in [5, 5.41) is 6.77. The van der Waals surface area contributed by atoms with E-state index in [0.29, 0.717) is 10.0 Å². The van der Waals surface area contributed by atoms with Crippen LogP contribution >= 0.6 is 12.2 Å². The van der Waals surface area contributed by atoms with Gasteiger partial charge in [-0.3, -0.25) is 0 Å². The molecule has 168 valence electrons. The summed E-state index contributed by atoms with van der Waals surface area (Å²) in [5.41, 5.74) is 2.99. The Morgan fingerprint density at radius 3 is 2.00 bits per heavy atom. The van der Waals surface area contributed by atoms with Crippen molar-refractivity contribution < 1.29 is 8.42 Å². The van der Waals surface area contributed by atoms with Crippen molar-refractivity contribution in [1.29, 1.82) is 0 Å². The smallest absolute Gasteiger partial charge is 0.243 e. The molecule has 3 rings (SSSR count). The molecule has 2 N–H and O–H groups in total. The number of anilines is 2. The predicted molar refractivity (Wildman–Crippen MR) is 133 cm³/mol. The maximum absolute atomic E-state index is 13.1. The zero-order chi connectivity index (χ0) is 22.4. The van der Waals surface area contributed by atoms with Crippen LogP contribution in [0, 0.1) is 0 Å². The number of hydrogen-bond donors (Lipinski definition) is 2. The molecule has 0 saturated carbocycles. The number of piperidine rings is 1. The third-order valence-electron chi connectivity index (χ3n) is 5.83. The summed E-state index contributed by atoms with van der Waals surface area (Å²) in [6.45, 7) is 6.17. The van der Waals surface area contributed by atoms with E-state index in [2.05, 4.69) is 29.7 Å². The minimum Gasteiger partial charge on any atom is -0.332 e. The van der Waals surface area contributed by atoms with Crippen molar-refractivity contribution in [2.45, 2.75) is 76.3 Å². The molecule has 0 aromatic heterocycles. The topological polar surface area (TPSA) is 61.4 Å². The van der Waals surface area contributed by atoms with Gasteiger partial charge in [-0.1, -0.05) is 31.9 Å². The lowest BCUT2D eigenvalue weighted by Gasteiger charge is -2.37. The molecule has 2 aromatic rings. The summed E-state index contributed by atoms with van der Waals surface area (Å²) in [7, 11) is -3.51. The molecule has 31 heavy (non-hydrogen) atoms. The van der Waals surface area contributed by atoms with Crippen LogP contribution in [-0.2, 0) is 16.4 Å². The van der Waals surface area contributed by atoms with Gasteiger partial charge in [0.25, 0.3) is 0 Å². The van der Waals surface area contributed by atoms with Crippen LogP contribution in [0.3, 0.4) is 0 Å². The van der Waals surface area contributed by atoms with E-state index in [4.69, 9.17) is 12.2 Å². The Hall–Kier alpha value is -1.96. The second kappa shape index (κ2) is 10.6. The third-order valence-corrected chi connectivity index (χ3v) is 8.18. The predicted octanol–water partition coefficient (Wildman–Crippen LogP) is 5.79. The first-order valence-electron chi connectivity index (χ1n) is 11.1. The van der Waals surface area contributed by atoms with Crippen LogP contribution in [0.4, 0.5) is 11.4 Å². The molecule has 1 aliphatic heterocycles. The Morgan fingerprint density at radius 2 is 1.48 bits per heavy atom. The number of rotatable bonds is 7. The highest BCUT2D eigenvalue weighted by Gasteiger charge is 2.35. The Morgan fingerprint density at radius 1 is 0.968 bits per heavy atom. The van der Waals surface area contributed by atoms with E-state index >= 15 is 0 Å². The van der Waals surface area contributed by atoms with E-state index in [0.717, 1.165) is 37.1 Å². The zero-order valence-corrected chi connectivity index (χ0v) is 20.2. The van der Waals surface area contributed by atoms with Crippen molar-refractivity contribution in [3.63, 3.8) is 0 Å². The fourth-order valence-corrected chi connectivity index (χ4v) is 6.25. The second-order valence-electron chi connectivity index (χ2n) is 8.37. The molecule has 2 atom stereocenters. The lowest BCUT2D eigenvalue weighted by atomic mass is 10.0. The van der Waals surface area contributed by atoms with Gasteiger partial charge < -0.3 is 10.6 Å². The number of thiocarbonyl (C=S) groups is 1. The number of benzene rings is 2. The monoisotopic (exact) mass is 459 g/mol. The number of unbranched alkanes of at least 4 members (excludes halogenated alkanes) is 1. The molecule has 1 aliphatic rings. The van der Waals surface area contributed by atoms with Gasteiger partial charge in [-0.15, -0.1) is 0 Å². The Balaban J connectivity index is 1.61. The van der Waals surface area contributed by atoms with Crippen LogP contribution in [0.1, 0.15) is 58.4 Å². The van der Waals surface area contributed by atoms with Crippen LogP contribution in [0.5, 0.6) is 0 Å². The van der Waals surface area contributed by atoms with Crippen LogP contribution in [0.2, 0.25) is 0 Å². The number of aryl methyl sites for hydroxylation is 1. The van der Waals surface area contributed by atoms with Crippen molar-refractivity contribution in [2.24, 2.45) is 0 Å². The summed E-state index contributed by atoms with van der Waals surface area (Å²) in [6, 6.07) is 15.1. The first kappa shape index (κ1) is 23.7. The fourth-order valence-electron chi connectivity index (χ4n) is 4.13. The summed E-state index contributed by atoms with van der Waals surface area (Å²) < 4.78 is 27.9. The van der Waals surface area contributed by atoms with Crippen molar-refractivity contribution in [1.82, 2.24) is 4.31 Å².